The number of nitrogens with zero attached hydrogens (tertiary/aromatic N) is 1. The molecule has 5 atom stereocenters. The van der Waals surface area contributed by atoms with E-state index in [9.17, 15) is 10.3 Å². The maximum atomic E-state index is 13.0. The molecule has 1 N–H and O–H groups in total. The second kappa shape index (κ2) is 5.46. The van der Waals surface area contributed by atoms with E-state index in [4.69, 9.17) is 14.2 Å². The average molecular weight is 333 g/mol. The molecule has 1 aromatic carbocycles. The van der Waals surface area contributed by atoms with Gasteiger partial charge in [0.15, 0.2) is 17.8 Å². The number of ether oxygens (including phenoxy) is 3. The van der Waals surface area contributed by atoms with Gasteiger partial charge in [-0.2, -0.15) is 0 Å². The Kier molecular flexibility index (Phi) is 3.61. The van der Waals surface area contributed by atoms with Crippen molar-refractivity contribution in [3.8, 4) is 11.5 Å². The number of fused-ring (bicyclic) bond motifs is 5. The van der Waals surface area contributed by atoms with E-state index in [0.717, 1.165) is 18.4 Å². The zero-order chi connectivity index (χ0) is 17.1. The Labute approximate surface area is 141 Å². The summed E-state index contributed by atoms with van der Waals surface area (Å²) in [6.07, 6.45) is 2.48. The van der Waals surface area contributed by atoms with Crippen LogP contribution in [0.1, 0.15) is 36.2 Å². The van der Waals surface area contributed by atoms with Gasteiger partial charge in [0, 0.05) is 12.0 Å². The first-order valence-electron chi connectivity index (χ1n) is 8.30. The van der Waals surface area contributed by atoms with Crippen molar-refractivity contribution in [1.29, 1.82) is 0 Å². The lowest BCUT2D eigenvalue weighted by molar-refractivity contribution is -0.872. The van der Waals surface area contributed by atoms with E-state index in [1.807, 2.05) is 6.07 Å². The number of likely N-dealkylation sites (tertiary alicyclic amines) is 1. The molecule has 130 valence electrons. The molecule has 1 aromatic rings. The van der Waals surface area contributed by atoms with Crippen molar-refractivity contribution < 1.29 is 24.0 Å². The van der Waals surface area contributed by atoms with Gasteiger partial charge in [-0.25, -0.2) is 0 Å². The third kappa shape index (κ3) is 2.18. The molecule has 24 heavy (non-hydrogen) atoms. The van der Waals surface area contributed by atoms with Gasteiger partial charge in [0.1, 0.15) is 6.04 Å². The second-order valence-corrected chi connectivity index (χ2v) is 7.00. The molecule has 0 spiro atoms. The van der Waals surface area contributed by atoms with Crippen LogP contribution < -0.4 is 9.47 Å². The van der Waals surface area contributed by atoms with Crippen LogP contribution in [0.25, 0.3) is 0 Å². The van der Waals surface area contributed by atoms with Gasteiger partial charge in [0.2, 0.25) is 0 Å². The molecule has 2 aliphatic heterocycles. The minimum atomic E-state index is -1.01. The topological polar surface area (TPSA) is 71.0 Å². The summed E-state index contributed by atoms with van der Waals surface area (Å²) < 4.78 is 16.3. The molecule has 0 saturated carbocycles. The Bertz CT molecular complexity index is 699. The van der Waals surface area contributed by atoms with Crippen LogP contribution in [0.4, 0.5) is 0 Å². The number of hydroxylamine groups is 3. The number of aliphatic hydroxyl groups is 1. The van der Waals surface area contributed by atoms with E-state index in [1.165, 1.54) is 5.57 Å². The normalized spacial score (nSPS) is 37.1. The first kappa shape index (κ1) is 15.9. The van der Waals surface area contributed by atoms with Crippen molar-refractivity contribution >= 4 is 0 Å². The highest BCUT2D eigenvalue weighted by Crippen LogP contribution is 2.51. The number of rotatable bonds is 2. The summed E-state index contributed by atoms with van der Waals surface area (Å²) in [7, 11) is 4.89. The third-order valence-electron chi connectivity index (χ3n) is 5.68. The number of benzene rings is 1. The molecule has 3 aliphatic rings. The van der Waals surface area contributed by atoms with Gasteiger partial charge in [-0.05, 0) is 29.7 Å². The number of methoxy groups -OCH3 is 2. The van der Waals surface area contributed by atoms with E-state index >= 15 is 0 Å². The van der Waals surface area contributed by atoms with Crippen LogP contribution in [0.2, 0.25) is 0 Å². The molecule has 1 aliphatic carbocycles. The van der Waals surface area contributed by atoms with Crippen LogP contribution in [0.15, 0.2) is 23.8 Å². The number of hydrogen-bond donors (Lipinski definition) is 1. The van der Waals surface area contributed by atoms with Crippen LogP contribution in [0, 0.1) is 5.21 Å². The van der Waals surface area contributed by atoms with Gasteiger partial charge in [0.25, 0.3) is 0 Å². The zero-order valence-electron chi connectivity index (χ0n) is 14.2. The lowest BCUT2D eigenvalue weighted by atomic mass is 9.74. The lowest BCUT2D eigenvalue weighted by Crippen LogP contribution is -2.52. The van der Waals surface area contributed by atoms with Gasteiger partial charge in [0.05, 0.1) is 39.8 Å². The number of likely N-dealkylation sites (N-methyl/N-ethyl adjacent to an activating group) is 1. The van der Waals surface area contributed by atoms with Gasteiger partial charge >= 0.3 is 0 Å². The standard InChI is InChI=1S/C18H23NO5/c1-19(21)7-6-10-4-5-13-16(17(10)19)11-8-14(22-2)15(23-3)9-12(11)18(20)24-13/h4,8-9,13,16-18,20H,5-7H2,1-3H3/t13-,16-,17-,18+,19?/m1/s1. The maximum Gasteiger partial charge on any atom is 0.181 e. The molecule has 4 rings (SSSR count). The highest BCUT2D eigenvalue weighted by Gasteiger charge is 2.51. The molecule has 6 heteroatoms. The number of hydrogen-bond acceptors (Lipinski definition) is 5. The first-order valence-corrected chi connectivity index (χ1v) is 8.30. The SMILES string of the molecule is COc1cc2c(cc1OC)[C@@H](O)O[C@@H]1CC=C3CC[N+](C)([O-])[C@H]3[C@H]21. The van der Waals surface area contributed by atoms with Crippen molar-refractivity contribution in [2.45, 2.75) is 37.2 Å². The minimum absolute atomic E-state index is 0.0757. The molecule has 0 bridgehead atoms. The summed E-state index contributed by atoms with van der Waals surface area (Å²) >= 11 is 0. The van der Waals surface area contributed by atoms with Crippen molar-refractivity contribution in [2.75, 3.05) is 27.8 Å². The van der Waals surface area contributed by atoms with Crippen molar-refractivity contribution in [1.82, 2.24) is 0 Å². The Morgan fingerprint density at radius 3 is 2.54 bits per heavy atom. The largest absolute Gasteiger partial charge is 0.633 e. The zero-order valence-corrected chi connectivity index (χ0v) is 14.2. The summed E-state index contributed by atoms with van der Waals surface area (Å²) in [5, 5.41) is 23.4. The monoisotopic (exact) mass is 333 g/mol. The predicted octanol–water partition coefficient (Wildman–Crippen LogP) is 2.22. The number of quaternary nitrogens is 1. The maximum absolute atomic E-state index is 13.0. The van der Waals surface area contributed by atoms with E-state index in [2.05, 4.69) is 6.08 Å². The summed E-state index contributed by atoms with van der Waals surface area (Å²) in [5.74, 6) is 1.08. The Morgan fingerprint density at radius 2 is 1.88 bits per heavy atom. The van der Waals surface area contributed by atoms with E-state index < -0.39 is 6.29 Å². The molecule has 0 aromatic heterocycles. The van der Waals surface area contributed by atoms with Crippen LogP contribution in [-0.4, -0.2) is 49.7 Å². The predicted molar refractivity (Wildman–Crippen MR) is 87.6 cm³/mol. The van der Waals surface area contributed by atoms with Crippen molar-refractivity contribution in [3.05, 3.63) is 40.1 Å². The molecule has 1 saturated heterocycles. The van der Waals surface area contributed by atoms with Crippen LogP contribution in [-0.2, 0) is 4.74 Å². The Hall–Kier alpha value is -1.60. The van der Waals surface area contributed by atoms with Gasteiger partial charge in [-0.1, -0.05) is 6.08 Å². The summed E-state index contributed by atoms with van der Waals surface area (Å²) in [5.41, 5.74) is 2.82. The lowest BCUT2D eigenvalue weighted by Gasteiger charge is -2.49. The van der Waals surface area contributed by atoms with Gasteiger partial charge < -0.3 is 29.2 Å². The highest BCUT2D eigenvalue weighted by atomic mass is 16.6. The minimum Gasteiger partial charge on any atom is -0.633 e. The summed E-state index contributed by atoms with van der Waals surface area (Å²) in [4.78, 5) is 0. The molecule has 1 fully saturated rings. The van der Waals surface area contributed by atoms with Crippen molar-refractivity contribution in [3.63, 3.8) is 0 Å². The fourth-order valence-electron chi connectivity index (χ4n) is 4.56. The van der Waals surface area contributed by atoms with E-state index in [-0.39, 0.29) is 22.7 Å². The fourth-order valence-corrected chi connectivity index (χ4v) is 4.56. The summed E-state index contributed by atoms with van der Waals surface area (Å²) in [6.45, 7) is 0.588. The second-order valence-electron chi connectivity index (χ2n) is 7.00. The molecular weight excluding hydrogens is 310 g/mol. The van der Waals surface area contributed by atoms with Gasteiger partial charge in [-0.3, -0.25) is 0 Å². The first-order chi connectivity index (χ1) is 11.5. The molecule has 1 unspecified atom stereocenters. The van der Waals surface area contributed by atoms with E-state index in [1.54, 1.807) is 27.3 Å². The van der Waals surface area contributed by atoms with Crippen LogP contribution in [0.3, 0.4) is 0 Å². The molecule has 2 heterocycles. The third-order valence-corrected chi connectivity index (χ3v) is 5.68. The number of aliphatic hydroxyl groups excluding tert-OH is 1. The fraction of sp³-hybridized carbons (Fsp3) is 0.556. The average Bonchev–Trinajstić information content (AvgIpc) is 2.89. The highest BCUT2D eigenvalue weighted by molar-refractivity contribution is 5.51. The van der Waals surface area contributed by atoms with E-state index in [0.29, 0.717) is 23.6 Å². The van der Waals surface area contributed by atoms with Crippen LogP contribution >= 0.6 is 0 Å². The molecule has 0 amide bonds. The molecular formula is C18H23NO5. The van der Waals surface area contributed by atoms with Gasteiger partial charge in [-0.15, -0.1) is 0 Å². The summed E-state index contributed by atoms with van der Waals surface area (Å²) in [6, 6.07) is 3.50. The van der Waals surface area contributed by atoms with Crippen molar-refractivity contribution in [2.24, 2.45) is 0 Å². The van der Waals surface area contributed by atoms with Crippen LogP contribution in [0.5, 0.6) is 11.5 Å². The molecule has 6 nitrogen and oxygen atoms in total. The smallest absolute Gasteiger partial charge is 0.181 e. The Morgan fingerprint density at radius 1 is 1.21 bits per heavy atom. The quantitative estimate of drug-likeness (QED) is 0.510. The molecule has 0 radical (unpaired) electrons. The Balaban J connectivity index is 1.88.